The summed E-state index contributed by atoms with van der Waals surface area (Å²) in [4.78, 5) is 0. The number of thioether (sulfide) groups is 1. The number of hydrogen-bond acceptors (Lipinski definition) is 3. The van der Waals surface area contributed by atoms with Gasteiger partial charge in [0.05, 0.1) is 6.61 Å². The molecule has 0 saturated heterocycles. The van der Waals surface area contributed by atoms with Crippen LogP contribution >= 0.6 is 23.4 Å². The molecule has 0 aromatic heterocycles. The van der Waals surface area contributed by atoms with Crippen molar-refractivity contribution in [1.29, 1.82) is 0 Å². The van der Waals surface area contributed by atoms with Crippen molar-refractivity contribution in [3.8, 4) is 0 Å². The summed E-state index contributed by atoms with van der Waals surface area (Å²) in [7, 11) is 1.74. The third kappa shape index (κ3) is 8.72. The molecule has 0 amide bonds. The van der Waals surface area contributed by atoms with Crippen LogP contribution in [-0.2, 0) is 11.2 Å². The lowest BCUT2D eigenvalue weighted by Crippen LogP contribution is -2.27. The summed E-state index contributed by atoms with van der Waals surface area (Å²) in [5.74, 6) is 3.11. The van der Waals surface area contributed by atoms with Crippen molar-refractivity contribution in [2.45, 2.75) is 26.2 Å². The summed E-state index contributed by atoms with van der Waals surface area (Å²) in [5.41, 5.74) is 1.26. The number of halogens is 1. The van der Waals surface area contributed by atoms with Gasteiger partial charge in [-0.1, -0.05) is 36.7 Å². The summed E-state index contributed by atoms with van der Waals surface area (Å²) < 4.78 is 5.09. The molecule has 0 saturated carbocycles. The molecule has 0 spiro atoms. The Bertz CT molecular complexity index is 364. The molecular weight excluding hydrogens is 302 g/mol. The maximum Gasteiger partial charge on any atom is 0.0587 e. The first-order valence-corrected chi connectivity index (χ1v) is 9.32. The lowest BCUT2D eigenvalue weighted by atomic mass is 9.95. The first-order valence-electron chi connectivity index (χ1n) is 7.78. The van der Waals surface area contributed by atoms with Crippen molar-refractivity contribution in [2.75, 3.05) is 38.3 Å². The van der Waals surface area contributed by atoms with Crippen LogP contribution in [0, 0.1) is 5.92 Å². The van der Waals surface area contributed by atoms with Gasteiger partial charge < -0.3 is 10.1 Å². The average Bonchev–Trinajstić information content (AvgIpc) is 2.50. The van der Waals surface area contributed by atoms with Gasteiger partial charge in [-0.2, -0.15) is 11.8 Å². The zero-order chi connectivity index (χ0) is 15.3. The third-order valence-electron chi connectivity index (χ3n) is 3.49. The molecule has 21 heavy (non-hydrogen) atoms. The Labute approximate surface area is 139 Å². The molecule has 4 heteroatoms. The molecule has 0 aliphatic rings. The van der Waals surface area contributed by atoms with Crippen molar-refractivity contribution in [3.63, 3.8) is 0 Å². The smallest absolute Gasteiger partial charge is 0.0587 e. The van der Waals surface area contributed by atoms with Crippen molar-refractivity contribution in [3.05, 3.63) is 34.9 Å². The highest BCUT2D eigenvalue weighted by atomic mass is 35.5. The largest absolute Gasteiger partial charge is 0.383 e. The van der Waals surface area contributed by atoms with Gasteiger partial charge in [-0.3, -0.25) is 0 Å². The van der Waals surface area contributed by atoms with E-state index < -0.39 is 0 Å². The van der Waals surface area contributed by atoms with E-state index in [9.17, 15) is 0 Å². The second-order valence-corrected chi connectivity index (χ2v) is 7.00. The van der Waals surface area contributed by atoms with Crippen LogP contribution in [0.3, 0.4) is 0 Å². The minimum absolute atomic E-state index is 0.638. The summed E-state index contributed by atoms with van der Waals surface area (Å²) >= 11 is 8.32. The summed E-state index contributed by atoms with van der Waals surface area (Å²) in [6.45, 7) is 4.94. The third-order valence-corrected chi connectivity index (χ3v) is 4.84. The zero-order valence-electron chi connectivity index (χ0n) is 13.2. The van der Waals surface area contributed by atoms with E-state index in [-0.39, 0.29) is 0 Å². The molecule has 1 N–H and O–H groups in total. The maximum absolute atomic E-state index is 6.29. The molecule has 0 fully saturated rings. The maximum atomic E-state index is 6.29. The second-order valence-electron chi connectivity index (χ2n) is 5.20. The molecule has 0 aliphatic carbocycles. The summed E-state index contributed by atoms with van der Waals surface area (Å²) in [5, 5.41) is 4.38. The molecule has 1 unspecified atom stereocenters. The standard InChI is InChI=1S/C17H28ClNOS/c1-3-21-12-6-7-15(14-19-10-11-20-2)13-16-8-4-5-9-17(16)18/h4-5,8-9,15,19H,3,6-7,10-14H2,1-2H3. The Morgan fingerprint density at radius 2 is 2.14 bits per heavy atom. The molecule has 1 aromatic rings. The normalized spacial score (nSPS) is 12.5. The van der Waals surface area contributed by atoms with Crippen LogP contribution in [0.1, 0.15) is 25.3 Å². The number of benzene rings is 1. The Morgan fingerprint density at radius 1 is 1.33 bits per heavy atom. The minimum Gasteiger partial charge on any atom is -0.383 e. The van der Waals surface area contributed by atoms with E-state index in [0.29, 0.717) is 5.92 Å². The SMILES string of the molecule is CCSCCCC(CNCCOC)Cc1ccccc1Cl. The van der Waals surface area contributed by atoms with E-state index in [1.807, 2.05) is 23.9 Å². The molecule has 0 heterocycles. The molecule has 2 nitrogen and oxygen atoms in total. The van der Waals surface area contributed by atoms with Crippen molar-refractivity contribution in [1.82, 2.24) is 5.32 Å². The Hall–Kier alpha value is -0.220. The van der Waals surface area contributed by atoms with Gasteiger partial charge in [-0.25, -0.2) is 0 Å². The van der Waals surface area contributed by atoms with E-state index in [1.165, 1.54) is 29.9 Å². The highest BCUT2D eigenvalue weighted by Crippen LogP contribution is 2.21. The van der Waals surface area contributed by atoms with Gasteiger partial charge >= 0.3 is 0 Å². The Balaban J connectivity index is 2.44. The van der Waals surface area contributed by atoms with Crippen molar-refractivity contribution in [2.24, 2.45) is 5.92 Å². The summed E-state index contributed by atoms with van der Waals surface area (Å²) in [6, 6.07) is 8.20. The number of nitrogens with one attached hydrogen (secondary N) is 1. The fourth-order valence-corrected chi connectivity index (χ4v) is 3.22. The van der Waals surface area contributed by atoms with Gasteiger partial charge in [0, 0.05) is 18.7 Å². The lowest BCUT2D eigenvalue weighted by molar-refractivity contribution is 0.197. The predicted molar refractivity (Wildman–Crippen MR) is 95.6 cm³/mol. The molecule has 120 valence electrons. The quantitative estimate of drug-likeness (QED) is 0.579. The highest BCUT2D eigenvalue weighted by molar-refractivity contribution is 7.99. The van der Waals surface area contributed by atoms with Crippen LogP contribution in [0.25, 0.3) is 0 Å². The van der Waals surface area contributed by atoms with Gasteiger partial charge in [0.15, 0.2) is 0 Å². The van der Waals surface area contributed by atoms with E-state index in [0.717, 1.165) is 31.1 Å². The average molecular weight is 330 g/mol. The van der Waals surface area contributed by atoms with Crippen LogP contribution < -0.4 is 5.32 Å². The highest BCUT2D eigenvalue weighted by Gasteiger charge is 2.11. The molecule has 1 rings (SSSR count). The van der Waals surface area contributed by atoms with E-state index in [4.69, 9.17) is 16.3 Å². The minimum atomic E-state index is 0.638. The van der Waals surface area contributed by atoms with E-state index in [1.54, 1.807) is 7.11 Å². The Morgan fingerprint density at radius 3 is 2.86 bits per heavy atom. The first-order chi connectivity index (χ1) is 10.3. The number of hydrogen-bond donors (Lipinski definition) is 1. The van der Waals surface area contributed by atoms with Crippen molar-refractivity contribution < 1.29 is 4.74 Å². The fourth-order valence-electron chi connectivity index (χ4n) is 2.35. The lowest BCUT2D eigenvalue weighted by Gasteiger charge is -2.18. The number of methoxy groups -OCH3 is 1. The zero-order valence-corrected chi connectivity index (χ0v) is 14.8. The molecule has 0 radical (unpaired) electrons. The van der Waals surface area contributed by atoms with Gasteiger partial charge in [0.2, 0.25) is 0 Å². The van der Waals surface area contributed by atoms with Crippen LogP contribution in [0.15, 0.2) is 24.3 Å². The molecule has 1 aromatic carbocycles. The van der Waals surface area contributed by atoms with Crippen LogP contribution in [0.4, 0.5) is 0 Å². The van der Waals surface area contributed by atoms with Crippen LogP contribution in [0.5, 0.6) is 0 Å². The van der Waals surface area contributed by atoms with E-state index in [2.05, 4.69) is 24.4 Å². The van der Waals surface area contributed by atoms with Gasteiger partial charge in [0.25, 0.3) is 0 Å². The van der Waals surface area contributed by atoms with E-state index >= 15 is 0 Å². The predicted octanol–water partition coefficient (Wildman–Crippen LogP) is 4.27. The molecular formula is C17H28ClNOS. The first kappa shape index (κ1) is 18.8. The van der Waals surface area contributed by atoms with Gasteiger partial charge in [-0.05, 0) is 54.9 Å². The Kier molecular flexibility index (Phi) is 11.1. The van der Waals surface area contributed by atoms with Crippen LogP contribution in [0.2, 0.25) is 5.02 Å². The molecule has 0 aliphatic heterocycles. The second kappa shape index (κ2) is 12.3. The summed E-state index contributed by atoms with van der Waals surface area (Å²) in [6.07, 6.45) is 3.58. The molecule has 1 atom stereocenters. The monoisotopic (exact) mass is 329 g/mol. The van der Waals surface area contributed by atoms with Gasteiger partial charge in [-0.15, -0.1) is 0 Å². The van der Waals surface area contributed by atoms with Gasteiger partial charge in [0.1, 0.15) is 0 Å². The topological polar surface area (TPSA) is 21.3 Å². The number of rotatable bonds is 12. The number of ether oxygens (including phenoxy) is 1. The van der Waals surface area contributed by atoms with Crippen LogP contribution in [-0.4, -0.2) is 38.3 Å². The molecule has 0 bridgehead atoms. The van der Waals surface area contributed by atoms with Crippen molar-refractivity contribution >= 4 is 23.4 Å². The fraction of sp³-hybridized carbons (Fsp3) is 0.647.